The Labute approximate surface area is 120 Å². The summed E-state index contributed by atoms with van der Waals surface area (Å²) in [7, 11) is 0. The van der Waals surface area contributed by atoms with Gasteiger partial charge in [0, 0.05) is 31.7 Å². The molecule has 0 aromatic carbocycles. The highest BCUT2D eigenvalue weighted by molar-refractivity contribution is 5.43. The van der Waals surface area contributed by atoms with Crippen LogP contribution in [0, 0.1) is 0 Å². The van der Waals surface area contributed by atoms with Crippen molar-refractivity contribution in [2.45, 2.75) is 58.0 Å². The van der Waals surface area contributed by atoms with Crippen LogP contribution in [0.5, 0.6) is 0 Å². The molecule has 0 spiro atoms. The van der Waals surface area contributed by atoms with Crippen molar-refractivity contribution in [1.82, 2.24) is 9.78 Å². The van der Waals surface area contributed by atoms with Crippen LogP contribution in [0.4, 0.5) is 5.69 Å². The molecule has 2 N–H and O–H groups in total. The molecule has 0 bridgehead atoms. The van der Waals surface area contributed by atoms with Crippen LogP contribution < -0.4 is 16.2 Å². The Bertz CT molecular complexity index is 463. The fraction of sp³-hybridized carbons (Fsp3) is 0.733. The second-order valence-electron chi connectivity index (χ2n) is 5.80. The quantitative estimate of drug-likeness (QED) is 0.805. The standard InChI is InChI=1S/C15H26N4O/c1-13(16)7-3-6-10-19-15(20)11-14(12-17-19)18-8-4-2-5-9-18/h11-13H,2-10,16H2,1H3. The molecule has 1 aromatic rings. The number of rotatable bonds is 6. The average molecular weight is 278 g/mol. The molecular weight excluding hydrogens is 252 g/mol. The van der Waals surface area contributed by atoms with Gasteiger partial charge in [-0.3, -0.25) is 4.79 Å². The van der Waals surface area contributed by atoms with Crippen LogP contribution >= 0.6 is 0 Å². The summed E-state index contributed by atoms with van der Waals surface area (Å²) in [6.45, 7) is 4.78. The Morgan fingerprint density at radius 3 is 2.70 bits per heavy atom. The maximum atomic E-state index is 12.1. The molecule has 2 heterocycles. The third kappa shape index (κ3) is 4.34. The van der Waals surface area contributed by atoms with Crippen molar-refractivity contribution >= 4 is 5.69 Å². The first kappa shape index (κ1) is 15.0. The van der Waals surface area contributed by atoms with Gasteiger partial charge in [-0.1, -0.05) is 6.42 Å². The molecule has 0 aliphatic carbocycles. The van der Waals surface area contributed by atoms with Crippen molar-refractivity contribution in [3.63, 3.8) is 0 Å². The van der Waals surface area contributed by atoms with Crippen molar-refractivity contribution in [1.29, 1.82) is 0 Å². The van der Waals surface area contributed by atoms with Gasteiger partial charge in [0.05, 0.1) is 11.9 Å². The minimum Gasteiger partial charge on any atom is -0.370 e. The molecule has 5 heteroatoms. The molecule has 1 aliphatic rings. The fourth-order valence-corrected chi connectivity index (χ4v) is 2.64. The van der Waals surface area contributed by atoms with Gasteiger partial charge < -0.3 is 10.6 Å². The number of anilines is 1. The lowest BCUT2D eigenvalue weighted by atomic mass is 10.1. The summed E-state index contributed by atoms with van der Waals surface area (Å²) in [6, 6.07) is 1.96. The Balaban J connectivity index is 1.90. The lowest BCUT2D eigenvalue weighted by Crippen LogP contribution is -2.32. The predicted octanol–water partition coefficient (Wildman–Crippen LogP) is 1.75. The highest BCUT2D eigenvalue weighted by Crippen LogP contribution is 2.16. The number of unbranched alkanes of at least 4 members (excludes halogenated alkanes) is 1. The molecule has 20 heavy (non-hydrogen) atoms. The molecule has 1 atom stereocenters. The van der Waals surface area contributed by atoms with E-state index in [1.807, 2.05) is 13.1 Å². The number of hydrogen-bond donors (Lipinski definition) is 1. The summed E-state index contributed by atoms with van der Waals surface area (Å²) in [5.41, 5.74) is 6.70. The molecule has 0 amide bonds. The molecule has 1 saturated heterocycles. The van der Waals surface area contributed by atoms with E-state index in [-0.39, 0.29) is 11.6 Å². The molecule has 0 radical (unpaired) electrons. The van der Waals surface area contributed by atoms with E-state index in [4.69, 9.17) is 5.73 Å². The summed E-state index contributed by atoms with van der Waals surface area (Å²) in [5, 5.41) is 4.30. The summed E-state index contributed by atoms with van der Waals surface area (Å²) in [5.74, 6) is 0. The van der Waals surface area contributed by atoms with Gasteiger partial charge in [-0.2, -0.15) is 5.10 Å². The maximum absolute atomic E-state index is 12.1. The van der Waals surface area contributed by atoms with Crippen LogP contribution in [-0.4, -0.2) is 28.9 Å². The SMILES string of the molecule is CC(N)CCCCn1ncc(N2CCCCC2)cc1=O. The zero-order valence-electron chi connectivity index (χ0n) is 12.4. The van der Waals surface area contributed by atoms with E-state index >= 15 is 0 Å². The lowest BCUT2D eigenvalue weighted by molar-refractivity contribution is 0.502. The van der Waals surface area contributed by atoms with Crippen molar-refractivity contribution in [3.8, 4) is 0 Å². The average Bonchev–Trinajstić information content (AvgIpc) is 2.45. The maximum Gasteiger partial charge on any atom is 0.268 e. The molecule has 1 unspecified atom stereocenters. The van der Waals surface area contributed by atoms with Crippen molar-refractivity contribution in [3.05, 3.63) is 22.6 Å². The molecule has 1 fully saturated rings. The van der Waals surface area contributed by atoms with E-state index in [1.54, 1.807) is 10.7 Å². The normalized spacial score (nSPS) is 17.2. The number of aryl methyl sites for hydroxylation is 1. The summed E-state index contributed by atoms with van der Waals surface area (Å²) in [6.07, 6.45) is 8.54. The number of piperidine rings is 1. The highest BCUT2D eigenvalue weighted by Gasteiger charge is 2.12. The van der Waals surface area contributed by atoms with Gasteiger partial charge in [0.2, 0.25) is 0 Å². The number of aromatic nitrogens is 2. The van der Waals surface area contributed by atoms with Gasteiger partial charge in [-0.15, -0.1) is 0 Å². The zero-order chi connectivity index (χ0) is 14.4. The van der Waals surface area contributed by atoms with Crippen LogP contribution in [0.3, 0.4) is 0 Å². The largest absolute Gasteiger partial charge is 0.370 e. The van der Waals surface area contributed by atoms with Crippen LogP contribution in [0.1, 0.15) is 45.4 Å². The number of nitrogens with zero attached hydrogens (tertiary/aromatic N) is 3. The third-order valence-corrected chi connectivity index (χ3v) is 3.86. The third-order valence-electron chi connectivity index (χ3n) is 3.86. The monoisotopic (exact) mass is 278 g/mol. The molecule has 0 saturated carbocycles. The Kier molecular flexibility index (Phi) is 5.59. The van der Waals surface area contributed by atoms with Gasteiger partial charge in [0.15, 0.2) is 0 Å². The minimum absolute atomic E-state index is 0.00821. The Morgan fingerprint density at radius 2 is 2.05 bits per heavy atom. The van der Waals surface area contributed by atoms with Crippen LogP contribution in [0.25, 0.3) is 0 Å². The van der Waals surface area contributed by atoms with E-state index in [9.17, 15) is 4.79 Å². The number of hydrogen-bond acceptors (Lipinski definition) is 4. The fourth-order valence-electron chi connectivity index (χ4n) is 2.64. The Morgan fingerprint density at radius 1 is 1.30 bits per heavy atom. The summed E-state index contributed by atoms with van der Waals surface area (Å²) >= 11 is 0. The van der Waals surface area contributed by atoms with E-state index < -0.39 is 0 Å². The van der Waals surface area contributed by atoms with Crippen molar-refractivity contribution in [2.24, 2.45) is 5.73 Å². The molecule has 1 aliphatic heterocycles. The first-order valence-electron chi connectivity index (χ1n) is 7.74. The molecular formula is C15H26N4O. The summed E-state index contributed by atoms with van der Waals surface area (Å²) in [4.78, 5) is 14.3. The van der Waals surface area contributed by atoms with E-state index in [0.717, 1.165) is 38.0 Å². The molecule has 112 valence electrons. The van der Waals surface area contributed by atoms with Crippen molar-refractivity contribution in [2.75, 3.05) is 18.0 Å². The molecule has 2 rings (SSSR count). The summed E-state index contributed by atoms with van der Waals surface area (Å²) < 4.78 is 1.56. The lowest BCUT2D eigenvalue weighted by Gasteiger charge is -2.28. The first-order chi connectivity index (χ1) is 9.66. The molecule has 5 nitrogen and oxygen atoms in total. The second kappa shape index (κ2) is 7.43. The predicted molar refractivity (Wildman–Crippen MR) is 82.1 cm³/mol. The van der Waals surface area contributed by atoms with Crippen molar-refractivity contribution < 1.29 is 0 Å². The molecule has 1 aromatic heterocycles. The van der Waals surface area contributed by atoms with E-state index in [0.29, 0.717) is 6.54 Å². The van der Waals surface area contributed by atoms with Gasteiger partial charge in [-0.25, -0.2) is 4.68 Å². The van der Waals surface area contributed by atoms with Gasteiger partial charge in [-0.05, 0) is 39.0 Å². The van der Waals surface area contributed by atoms with E-state index in [2.05, 4.69) is 10.00 Å². The number of nitrogens with two attached hydrogens (primary N) is 1. The van der Waals surface area contributed by atoms with Gasteiger partial charge >= 0.3 is 0 Å². The zero-order valence-corrected chi connectivity index (χ0v) is 12.4. The topological polar surface area (TPSA) is 64.2 Å². The highest BCUT2D eigenvalue weighted by atomic mass is 16.1. The minimum atomic E-state index is 0.00821. The van der Waals surface area contributed by atoms with E-state index in [1.165, 1.54) is 19.3 Å². The smallest absolute Gasteiger partial charge is 0.268 e. The van der Waals surface area contributed by atoms with Gasteiger partial charge in [0.25, 0.3) is 5.56 Å². The second-order valence-corrected chi connectivity index (χ2v) is 5.80. The van der Waals surface area contributed by atoms with Crippen LogP contribution in [0.15, 0.2) is 17.1 Å². The Hall–Kier alpha value is -1.36. The van der Waals surface area contributed by atoms with Gasteiger partial charge in [0.1, 0.15) is 0 Å². The van der Waals surface area contributed by atoms with Crippen LogP contribution in [0.2, 0.25) is 0 Å². The first-order valence-corrected chi connectivity index (χ1v) is 7.74. The van der Waals surface area contributed by atoms with Crippen LogP contribution in [-0.2, 0) is 6.54 Å².